The van der Waals surface area contributed by atoms with Crippen LogP contribution in [0.25, 0.3) is 0 Å². The summed E-state index contributed by atoms with van der Waals surface area (Å²) < 4.78 is 45.3. The lowest BCUT2D eigenvalue weighted by Gasteiger charge is -2.42. The first-order valence-electron chi connectivity index (χ1n) is 10.2. The Hall–Kier alpha value is -3.25. The minimum absolute atomic E-state index is 0.0928. The monoisotopic (exact) mass is 447 g/mol. The van der Waals surface area contributed by atoms with Gasteiger partial charge in [0.15, 0.2) is 0 Å². The maximum absolute atomic E-state index is 13.3. The van der Waals surface area contributed by atoms with Crippen molar-refractivity contribution in [1.29, 1.82) is 5.26 Å². The number of nitrogens with zero attached hydrogens (tertiary/aromatic N) is 3. The summed E-state index contributed by atoms with van der Waals surface area (Å²) in [5.41, 5.74) is -0.286. The zero-order valence-corrected chi connectivity index (χ0v) is 17.6. The quantitative estimate of drug-likeness (QED) is 0.736. The second-order valence-electron chi connectivity index (χ2n) is 7.52. The summed E-state index contributed by atoms with van der Waals surface area (Å²) in [5.74, 6) is 0.615. The first-order chi connectivity index (χ1) is 15.3. The van der Waals surface area contributed by atoms with E-state index in [2.05, 4.69) is 0 Å². The van der Waals surface area contributed by atoms with Gasteiger partial charge in [0.2, 0.25) is 5.91 Å². The van der Waals surface area contributed by atoms with Gasteiger partial charge in [-0.3, -0.25) is 4.79 Å². The highest BCUT2D eigenvalue weighted by molar-refractivity contribution is 5.77. The van der Waals surface area contributed by atoms with Crippen molar-refractivity contribution in [3.05, 3.63) is 59.2 Å². The molecule has 1 unspecified atom stereocenters. The molecular weight excluding hydrogens is 423 g/mol. The van der Waals surface area contributed by atoms with Crippen LogP contribution < -0.4 is 9.64 Å². The first-order valence-corrected chi connectivity index (χ1v) is 10.2. The summed E-state index contributed by atoms with van der Waals surface area (Å²) in [6.45, 7) is 0.470. The highest BCUT2D eigenvalue weighted by Gasteiger charge is 2.36. The fourth-order valence-corrected chi connectivity index (χ4v) is 3.93. The molecular formula is C23H24F3N3O3. The molecule has 3 rings (SSSR count). The van der Waals surface area contributed by atoms with E-state index in [9.17, 15) is 23.1 Å². The number of aliphatic hydroxyl groups is 1. The van der Waals surface area contributed by atoms with Crippen molar-refractivity contribution in [2.75, 3.05) is 38.3 Å². The van der Waals surface area contributed by atoms with E-state index in [1.54, 1.807) is 23.0 Å². The van der Waals surface area contributed by atoms with Crippen molar-refractivity contribution in [3.63, 3.8) is 0 Å². The molecule has 32 heavy (non-hydrogen) atoms. The Morgan fingerprint density at radius 1 is 1.25 bits per heavy atom. The van der Waals surface area contributed by atoms with Gasteiger partial charge in [0.1, 0.15) is 5.75 Å². The van der Waals surface area contributed by atoms with Crippen LogP contribution in [0.15, 0.2) is 42.5 Å². The molecule has 1 N–H and O–H groups in total. The number of nitriles is 1. The van der Waals surface area contributed by atoms with Crippen LogP contribution in [0.4, 0.5) is 18.9 Å². The molecule has 0 saturated carbocycles. The second kappa shape index (κ2) is 9.92. The normalized spacial score (nSPS) is 16.6. The molecule has 1 aliphatic rings. The summed E-state index contributed by atoms with van der Waals surface area (Å²) in [6, 6.07) is 12.0. The maximum Gasteiger partial charge on any atom is 0.417 e. The van der Waals surface area contributed by atoms with E-state index in [0.29, 0.717) is 18.7 Å². The Morgan fingerprint density at radius 3 is 2.66 bits per heavy atom. The number of carbonyl (C=O) groups is 1. The third-order valence-electron chi connectivity index (χ3n) is 5.61. The molecule has 1 heterocycles. The number of benzene rings is 2. The van der Waals surface area contributed by atoms with Gasteiger partial charge in [-0.25, -0.2) is 0 Å². The van der Waals surface area contributed by atoms with E-state index in [-0.39, 0.29) is 37.7 Å². The SMILES string of the molecule is COc1ccccc1CCC(=O)N1CCN(c2ccc(C#N)c(C(F)(F)F)c2)C(CO)C1. The number of piperazine rings is 1. The van der Waals surface area contributed by atoms with E-state index in [4.69, 9.17) is 10.00 Å². The van der Waals surface area contributed by atoms with E-state index in [1.807, 2.05) is 24.3 Å². The largest absolute Gasteiger partial charge is 0.496 e. The molecule has 2 aromatic carbocycles. The molecule has 0 radical (unpaired) electrons. The zero-order valence-electron chi connectivity index (χ0n) is 17.6. The molecule has 1 aliphatic heterocycles. The van der Waals surface area contributed by atoms with Crippen molar-refractivity contribution in [2.24, 2.45) is 0 Å². The molecule has 0 spiro atoms. The summed E-state index contributed by atoms with van der Waals surface area (Å²) in [5, 5.41) is 18.8. The topological polar surface area (TPSA) is 76.8 Å². The predicted octanol–water partition coefficient (Wildman–Crippen LogP) is 3.23. The van der Waals surface area contributed by atoms with Crippen molar-refractivity contribution in [3.8, 4) is 11.8 Å². The Morgan fingerprint density at radius 2 is 2.00 bits per heavy atom. The van der Waals surface area contributed by atoms with E-state index in [1.165, 1.54) is 6.07 Å². The lowest BCUT2D eigenvalue weighted by atomic mass is 10.0. The molecule has 1 saturated heterocycles. The van der Waals surface area contributed by atoms with Gasteiger partial charge in [0, 0.05) is 31.7 Å². The smallest absolute Gasteiger partial charge is 0.417 e. The molecule has 9 heteroatoms. The van der Waals surface area contributed by atoms with E-state index < -0.39 is 23.3 Å². The zero-order chi connectivity index (χ0) is 23.3. The number of para-hydroxylation sites is 1. The number of halogens is 3. The van der Waals surface area contributed by atoms with Crippen molar-refractivity contribution < 1.29 is 27.8 Å². The number of rotatable bonds is 6. The van der Waals surface area contributed by atoms with Gasteiger partial charge in [0.05, 0.1) is 37.0 Å². The summed E-state index contributed by atoms with van der Waals surface area (Å²) in [7, 11) is 1.57. The predicted molar refractivity (Wildman–Crippen MR) is 112 cm³/mol. The van der Waals surface area contributed by atoms with Crippen molar-refractivity contribution >= 4 is 11.6 Å². The molecule has 2 aromatic rings. The maximum atomic E-state index is 13.3. The third kappa shape index (κ3) is 5.14. The molecule has 1 atom stereocenters. The molecule has 170 valence electrons. The first kappa shape index (κ1) is 23.4. The standard InChI is InChI=1S/C23H24F3N3O3/c1-32-21-5-3-2-4-16(21)7-9-22(31)28-10-11-29(19(14-28)15-30)18-8-6-17(13-27)20(12-18)23(24,25)26/h2-6,8,12,19,30H,7,9-11,14-15H2,1H3. The molecule has 0 aliphatic carbocycles. The van der Waals surface area contributed by atoms with Crippen LogP contribution in [0.1, 0.15) is 23.1 Å². The molecule has 0 aromatic heterocycles. The van der Waals surface area contributed by atoms with Crippen LogP contribution in [-0.4, -0.2) is 55.3 Å². The van der Waals surface area contributed by atoms with Crippen molar-refractivity contribution in [2.45, 2.75) is 25.1 Å². The summed E-state index contributed by atoms with van der Waals surface area (Å²) in [4.78, 5) is 16.0. The lowest BCUT2D eigenvalue weighted by molar-refractivity contribution is -0.137. The Bertz CT molecular complexity index is 1000. The van der Waals surface area contributed by atoms with Crippen LogP contribution in [0, 0.1) is 11.3 Å². The second-order valence-corrected chi connectivity index (χ2v) is 7.52. The minimum Gasteiger partial charge on any atom is -0.496 e. The highest BCUT2D eigenvalue weighted by atomic mass is 19.4. The number of alkyl halides is 3. The van der Waals surface area contributed by atoms with Crippen LogP contribution in [0.5, 0.6) is 5.75 Å². The van der Waals surface area contributed by atoms with Crippen LogP contribution >= 0.6 is 0 Å². The fourth-order valence-electron chi connectivity index (χ4n) is 3.93. The van der Waals surface area contributed by atoms with Gasteiger partial charge in [-0.05, 0) is 36.2 Å². The summed E-state index contributed by atoms with van der Waals surface area (Å²) >= 11 is 0. The Balaban J connectivity index is 1.70. The van der Waals surface area contributed by atoms with Crippen molar-refractivity contribution in [1.82, 2.24) is 4.90 Å². The summed E-state index contributed by atoms with van der Waals surface area (Å²) in [6.07, 6.45) is -3.91. The number of amides is 1. The molecule has 0 bridgehead atoms. The average Bonchev–Trinajstić information content (AvgIpc) is 2.81. The molecule has 1 amide bonds. The fraction of sp³-hybridized carbons (Fsp3) is 0.391. The Kier molecular flexibility index (Phi) is 7.26. The molecule has 6 nitrogen and oxygen atoms in total. The van der Waals surface area contributed by atoms with E-state index >= 15 is 0 Å². The number of methoxy groups -OCH3 is 1. The van der Waals surface area contributed by atoms with Crippen LogP contribution in [0.2, 0.25) is 0 Å². The van der Waals surface area contributed by atoms with Gasteiger partial charge in [-0.1, -0.05) is 18.2 Å². The molecule has 1 fully saturated rings. The lowest BCUT2D eigenvalue weighted by Crippen LogP contribution is -2.56. The van der Waals surface area contributed by atoms with Crippen LogP contribution in [-0.2, 0) is 17.4 Å². The average molecular weight is 447 g/mol. The van der Waals surface area contributed by atoms with Crippen LogP contribution in [0.3, 0.4) is 0 Å². The van der Waals surface area contributed by atoms with Gasteiger partial charge in [-0.2, -0.15) is 18.4 Å². The van der Waals surface area contributed by atoms with Gasteiger partial charge >= 0.3 is 6.18 Å². The minimum atomic E-state index is -4.66. The number of aryl methyl sites for hydroxylation is 1. The van der Waals surface area contributed by atoms with Gasteiger partial charge < -0.3 is 19.6 Å². The number of hydrogen-bond donors (Lipinski definition) is 1. The number of ether oxygens (including phenoxy) is 1. The Labute approximate surface area is 184 Å². The highest BCUT2D eigenvalue weighted by Crippen LogP contribution is 2.35. The van der Waals surface area contributed by atoms with Gasteiger partial charge in [0.25, 0.3) is 0 Å². The van der Waals surface area contributed by atoms with Gasteiger partial charge in [-0.15, -0.1) is 0 Å². The number of hydrogen-bond acceptors (Lipinski definition) is 5. The third-order valence-corrected chi connectivity index (χ3v) is 5.61. The van der Waals surface area contributed by atoms with E-state index in [0.717, 1.165) is 17.7 Å². The number of aliphatic hydroxyl groups excluding tert-OH is 1. The number of carbonyl (C=O) groups excluding carboxylic acids is 1. The number of anilines is 1.